The summed E-state index contributed by atoms with van der Waals surface area (Å²) in [5, 5.41) is 0. The fourth-order valence-corrected chi connectivity index (χ4v) is 1.20. The van der Waals surface area contributed by atoms with E-state index in [0.29, 0.717) is 6.61 Å². The topological polar surface area (TPSA) is 9.23 Å². The second-order valence-corrected chi connectivity index (χ2v) is 3.20. The van der Waals surface area contributed by atoms with Crippen LogP contribution in [-0.4, -0.2) is 6.61 Å². The molecule has 0 unspecified atom stereocenters. The van der Waals surface area contributed by atoms with Crippen molar-refractivity contribution >= 4 is 0 Å². The van der Waals surface area contributed by atoms with E-state index in [0.717, 1.165) is 25.9 Å². The third-order valence-electron chi connectivity index (χ3n) is 1.97. The van der Waals surface area contributed by atoms with Crippen molar-refractivity contribution in [3.05, 3.63) is 35.9 Å². The molecule has 0 N–H and O–H groups in total. The van der Waals surface area contributed by atoms with E-state index in [-0.39, 0.29) is 0 Å². The highest BCUT2D eigenvalue weighted by atomic mass is 16.5. The molecule has 0 atom stereocenters. The molecular weight excluding hydrogens is 196 g/mol. The SMILES string of the molecule is C#CCCCCOCc1ccccc1.CC. The Balaban J connectivity index is 0.00000106. The first-order chi connectivity index (χ1) is 7.93. The lowest BCUT2D eigenvalue weighted by Gasteiger charge is -2.02. The van der Waals surface area contributed by atoms with Crippen LogP contribution < -0.4 is 0 Å². The van der Waals surface area contributed by atoms with E-state index in [9.17, 15) is 0 Å². The minimum Gasteiger partial charge on any atom is -0.377 e. The highest BCUT2D eigenvalue weighted by molar-refractivity contribution is 5.13. The van der Waals surface area contributed by atoms with Crippen molar-refractivity contribution < 1.29 is 4.74 Å². The molecule has 88 valence electrons. The average molecular weight is 218 g/mol. The summed E-state index contributed by atoms with van der Waals surface area (Å²) in [5.41, 5.74) is 1.23. The van der Waals surface area contributed by atoms with E-state index in [1.807, 2.05) is 32.0 Å². The van der Waals surface area contributed by atoms with Crippen LogP contribution >= 0.6 is 0 Å². The van der Waals surface area contributed by atoms with Gasteiger partial charge in [0.05, 0.1) is 6.61 Å². The van der Waals surface area contributed by atoms with Crippen molar-refractivity contribution in [1.29, 1.82) is 0 Å². The maximum Gasteiger partial charge on any atom is 0.0716 e. The fraction of sp³-hybridized carbons (Fsp3) is 0.467. The van der Waals surface area contributed by atoms with Gasteiger partial charge in [0.2, 0.25) is 0 Å². The minimum absolute atomic E-state index is 0.705. The van der Waals surface area contributed by atoms with Crippen LogP contribution in [0.5, 0.6) is 0 Å². The number of ether oxygens (including phenoxy) is 1. The Morgan fingerprint density at radius 2 is 1.81 bits per heavy atom. The molecule has 0 aliphatic heterocycles. The molecule has 0 heterocycles. The fourth-order valence-electron chi connectivity index (χ4n) is 1.20. The molecule has 0 saturated carbocycles. The predicted molar refractivity (Wildman–Crippen MR) is 70.1 cm³/mol. The van der Waals surface area contributed by atoms with Crippen molar-refractivity contribution in [2.75, 3.05) is 6.61 Å². The molecule has 0 aliphatic rings. The van der Waals surface area contributed by atoms with Crippen molar-refractivity contribution in [3.8, 4) is 12.3 Å². The average Bonchev–Trinajstić information content (AvgIpc) is 2.37. The summed E-state index contributed by atoms with van der Waals surface area (Å²) < 4.78 is 5.50. The summed E-state index contributed by atoms with van der Waals surface area (Å²) in [5.74, 6) is 2.62. The predicted octanol–water partition coefficient (Wildman–Crippen LogP) is 4.03. The van der Waals surface area contributed by atoms with E-state index < -0.39 is 0 Å². The van der Waals surface area contributed by atoms with Gasteiger partial charge in [-0.2, -0.15) is 0 Å². The zero-order chi connectivity index (χ0) is 12.1. The Kier molecular flexibility index (Phi) is 10.9. The molecule has 0 amide bonds. The van der Waals surface area contributed by atoms with E-state index in [2.05, 4.69) is 18.1 Å². The minimum atomic E-state index is 0.705. The lowest BCUT2D eigenvalue weighted by atomic mass is 10.2. The van der Waals surface area contributed by atoms with Gasteiger partial charge in [0.1, 0.15) is 0 Å². The molecule has 1 aromatic rings. The number of terminal acetylenes is 1. The zero-order valence-corrected chi connectivity index (χ0v) is 10.4. The standard InChI is InChI=1S/C13H16O.C2H6/c1-2-3-4-8-11-14-12-13-9-6-5-7-10-13;1-2/h1,5-7,9-10H,3-4,8,11-12H2;1-2H3. The largest absolute Gasteiger partial charge is 0.377 e. The molecule has 1 nitrogen and oxygen atoms in total. The van der Waals surface area contributed by atoms with Gasteiger partial charge in [-0.05, 0) is 18.4 Å². The number of hydrogen-bond acceptors (Lipinski definition) is 1. The maximum atomic E-state index is 5.50. The summed E-state index contributed by atoms with van der Waals surface area (Å²) in [6.45, 7) is 5.51. The number of unbranched alkanes of at least 4 members (excludes halogenated alkanes) is 2. The van der Waals surface area contributed by atoms with Gasteiger partial charge in [-0.25, -0.2) is 0 Å². The van der Waals surface area contributed by atoms with Crippen LogP contribution in [-0.2, 0) is 11.3 Å². The second kappa shape index (κ2) is 11.8. The van der Waals surface area contributed by atoms with Gasteiger partial charge in [-0.3, -0.25) is 0 Å². The van der Waals surface area contributed by atoms with Gasteiger partial charge in [0, 0.05) is 13.0 Å². The molecule has 0 saturated heterocycles. The number of rotatable bonds is 6. The van der Waals surface area contributed by atoms with E-state index in [1.54, 1.807) is 0 Å². The smallest absolute Gasteiger partial charge is 0.0716 e. The Hall–Kier alpha value is -1.26. The molecule has 0 radical (unpaired) electrons. The number of hydrogen-bond donors (Lipinski definition) is 0. The first kappa shape index (κ1) is 14.7. The molecule has 0 fully saturated rings. The molecule has 16 heavy (non-hydrogen) atoms. The maximum absolute atomic E-state index is 5.50. The summed E-state index contributed by atoms with van der Waals surface area (Å²) in [6, 6.07) is 10.2. The van der Waals surface area contributed by atoms with Gasteiger partial charge < -0.3 is 4.74 Å². The normalized spacial score (nSPS) is 8.81. The Morgan fingerprint density at radius 3 is 2.44 bits per heavy atom. The third kappa shape index (κ3) is 8.08. The van der Waals surface area contributed by atoms with E-state index in [1.165, 1.54) is 5.56 Å². The molecule has 0 aliphatic carbocycles. The monoisotopic (exact) mass is 218 g/mol. The van der Waals surface area contributed by atoms with Crippen LogP contribution in [0, 0.1) is 12.3 Å². The molecular formula is C15H22O. The molecule has 0 bridgehead atoms. The van der Waals surface area contributed by atoms with E-state index >= 15 is 0 Å². The van der Waals surface area contributed by atoms with Crippen molar-refractivity contribution in [2.24, 2.45) is 0 Å². The van der Waals surface area contributed by atoms with Gasteiger partial charge in [-0.1, -0.05) is 44.2 Å². The zero-order valence-electron chi connectivity index (χ0n) is 10.4. The van der Waals surface area contributed by atoms with Crippen LogP contribution in [0.3, 0.4) is 0 Å². The lowest BCUT2D eigenvalue weighted by molar-refractivity contribution is 0.117. The Bertz CT molecular complexity index is 271. The Labute approximate surface area is 99.8 Å². The van der Waals surface area contributed by atoms with E-state index in [4.69, 9.17) is 11.2 Å². The highest BCUT2D eigenvalue weighted by Crippen LogP contribution is 2.02. The summed E-state index contributed by atoms with van der Waals surface area (Å²) >= 11 is 0. The summed E-state index contributed by atoms with van der Waals surface area (Å²) in [4.78, 5) is 0. The molecule has 0 spiro atoms. The quantitative estimate of drug-likeness (QED) is 0.517. The van der Waals surface area contributed by atoms with Crippen molar-refractivity contribution in [1.82, 2.24) is 0 Å². The number of benzene rings is 1. The van der Waals surface area contributed by atoms with Crippen LogP contribution in [0.15, 0.2) is 30.3 Å². The molecule has 1 heteroatoms. The second-order valence-electron chi connectivity index (χ2n) is 3.20. The van der Waals surface area contributed by atoms with Crippen LogP contribution in [0.4, 0.5) is 0 Å². The van der Waals surface area contributed by atoms with Crippen LogP contribution in [0.1, 0.15) is 38.7 Å². The molecule has 1 rings (SSSR count). The summed E-state index contributed by atoms with van der Waals surface area (Å²) in [7, 11) is 0. The Morgan fingerprint density at radius 1 is 1.12 bits per heavy atom. The lowest BCUT2D eigenvalue weighted by Crippen LogP contribution is -1.94. The van der Waals surface area contributed by atoms with Crippen LogP contribution in [0.2, 0.25) is 0 Å². The van der Waals surface area contributed by atoms with Crippen LogP contribution in [0.25, 0.3) is 0 Å². The molecule has 1 aromatic carbocycles. The van der Waals surface area contributed by atoms with Crippen molar-refractivity contribution in [2.45, 2.75) is 39.7 Å². The van der Waals surface area contributed by atoms with Gasteiger partial charge in [0.15, 0.2) is 0 Å². The first-order valence-corrected chi connectivity index (χ1v) is 5.98. The summed E-state index contributed by atoms with van der Waals surface area (Å²) in [6.07, 6.45) is 8.11. The molecule has 0 aromatic heterocycles. The van der Waals surface area contributed by atoms with Gasteiger partial charge in [-0.15, -0.1) is 12.3 Å². The van der Waals surface area contributed by atoms with Gasteiger partial charge >= 0.3 is 0 Å². The van der Waals surface area contributed by atoms with Gasteiger partial charge in [0.25, 0.3) is 0 Å². The van der Waals surface area contributed by atoms with Crippen molar-refractivity contribution in [3.63, 3.8) is 0 Å². The highest BCUT2D eigenvalue weighted by Gasteiger charge is 1.91. The third-order valence-corrected chi connectivity index (χ3v) is 1.97. The first-order valence-electron chi connectivity index (χ1n) is 5.98.